The lowest BCUT2D eigenvalue weighted by atomic mass is 10.5. The molecule has 0 aliphatic heterocycles. The van der Waals surface area contributed by atoms with E-state index in [2.05, 4.69) is 31.0 Å². The number of aromatic nitrogens is 4. The Kier molecular flexibility index (Phi) is 3.97. The lowest BCUT2D eigenvalue weighted by molar-refractivity contribution is 0.215. The molecule has 0 aliphatic rings. The first-order valence-electron chi connectivity index (χ1n) is 5.00. The standard InChI is InChI=1S/C10H10BrN5OS/c1-15(2)10(17)16-6-12-9(14-16)18-8-5-3-4-7(11)13-8/h3-6H,1-2H3. The van der Waals surface area contributed by atoms with E-state index in [1.54, 1.807) is 14.1 Å². The zero-order chi connectivity index (χ0) is 13.1. The summed E-state index contributed by atoms with van der Waals surface area (Å²) in [6.07, 6.45) is 1.39. The van der Waals surface area contributed by atoms with Gasteiger partial charge in [-0.1, -0.05) is 6.07 Å². The molecule has 94 valence electrons. The number of hydrogen-bond acceptors (Lipinski definition) is 5. The van der Waals surface area contributed by atoms with Crippen LogP contribution in [0.1, 0.15) is 0 Å². The Hall–Kier alpha value is -1.41. The highest BCUT2D eigenvalue weighted by molar-refractivity contribution is 9.10. The molecule has 2 heterocycles. The summed E-state index contributed by atoms with van der Waals surface area (Å²) >= 11 is 4.59. The van der Waals surface area contributed by atoms with E-state index < -0.39 is 0 Å². The van der Waals surface area contributed by atoms with E-state index in [4.69, 9.17) is 0 Å². The zero-order valence-electron chi connectivity index (χ0n) is 9.74. The maximum atomic E-state index is 11.6. The highest BCUT2D eigenvalue weighted by atomic mass is 79.9. The molecule has 0 radical (unpaired) electrons. The first-order valence-corrected chi connectivity index (χ1v) is 6.61. The number of amides is 1. The maximum Gasteiger partial charge on any atom is 0.345 e. The molecular weight excluding hydrogens is 318 g/mol. The van der Waals surface area contributed by atoms with Gasteiger partial charge in [0.2, 0.25) is 5.16 Å². The maximum absolute atomic E-state index is 11.6. The quantitative estimate of drug-likeness (QED) is 0.790. The summed E-state index contributed by atoms with van der Waals surface area (Å²) in [5.74, 6) is 0. The molecule has 8 heteroatoms. The summed E-state index contributed by atoms with van der Waals surface area (Å²) in [7, 11) is 3.32. The van der Waals surface area contributed by atoms with Gasteiger partial charge in [0, 0.05) is 14.1 Å². The first-order chi connectivity index (χ1) is 8.56. The Bertz CT molecular complexity index is 571. The summed E-state index contributed by atoms with van der Waals surface area (Å²) in [5.41, 5.74) is 0. The second-order valence-corrected chi connectivity index (χ2v) is 5.35. The third-order valence-electron chi connectivity index (χ3n) is 1.93. The van der Waals surface area contributed by atoms with Gasteiger partial charge >= 0.3 is 6.03 Å². The van der Waals surface area contributed by atoms with Crippen LogP contribution in [0.5, 0.6) is 0 Å². The van der Waals surface area contributed by atoms with Crippen LogP contribution in [0.4, 0.5) is 4.79 Å². The van der Waals surface area contributed by atoms with Gasteiger partial charge < -0.3 is 4.90 Å². The molecule has 18 heavy (non-hydrogen) atoms. The summed E-state index contributed by atoms with van der Waals surface area (Å²) in [6, 6.07) is 5.33. The summed E-state index contributed by atoms with van der Waals surface area (Å²) in [5, 5.41) is 5.32. The van der Waals surface area contributed by atoms with Crippen molar-refractivity contribution in [1.82, 2.24) is 24.6 Å². The molecule has 2 rings (SSSR count). The zero-order valence-corrected chi connectivity index (χ0v) is 12.1. The molecule has 0 saturated heterocycles. The van der Waals surface area contributed by atoms with E-state index in [-0.39, 0.29) is 6.03 Å². The van der Waals surface area contributed by atoms with Crippen molar-refractivity contribution in [3.8, 4) is 0 Å². The molecule has 6 nitrogen and oxygen atoms in total. The SMILES string of the molecule is CN(C)C(=O)n1cnc(Sc2cccc(Br)n2)n1. The van der Waals surface area contributed by atoms with Gasteiger partial charge in [-0.3, -0.25) is 0 Å². The smallest absolute Gasteiger partial charge is 0.329 e. The van der Waals surface area contributed by atoms with Crippen LogP contribution >= 0.6 is 27.7 Å². The number of nitrogens with zero attached hydrogens (tertiary/aromatic N) is 5. The molecule has 1 amide bonds. The Morgan fingerprint density at radius 2 is 2.22 bits per heavy atom. The van der Waals surface area contributed by atoms with Gasteiger partial charge in [0.25, 0.3) is 0 Å². The fourth-order valence-electron chi connectivity index (χ4n) is 1.13. The predicted molar refractivity (Wildman–Crippen MR) is 70.6 cm³/mol. The topological polar surface area (TPSA) is 63.9 Å². The Morgan fingerprint density at radius 1 is 1.44 bits per heavy atom. The average Bonchev–Trinajstić information content (AvgIpc) is 2.76. The lowest BCUT2D eigenvalue weighted by Crippen LogP contribution is -2.27. The molecule has 0 fully saturated rings. The molecule has 0 atom stereocenters. The van der Waals surface area contributed by atoms with Crippen molar-refractivity contribution in [3.05, 3.63) is 29.1 Å². The third kappa shape index (κ3) is 3.08. The number of rotatable bonds is 2. The van der Waals surface area contributed by atoms with Gasteiger partial charge in [-0.25, -0.2) is 14.8 Å². The molecule has 2 aromatic rings. The molecule has 0 N–H and O–H groups in total. The second kappa shape index (κ2) is 5.49. The van der Waals surface area contributed by atoms with Gasteiger partial charge in [0.1, 0.15) is 16.0 Å². The molecule has 0 bridgehead atoms. The molecule has 0 unspecified atom stereocenters. The van der Waals surface area contributed by atoms with Gasteiger partial charge in [0.15, 0.2) is 0 Å². The Balaban J connectivity index is 2.14. The van der Waals surface area contributed by atoms with Crippen molar-refractivity contribution in [2.45, 2.75) is 10.2 Å². The lowest BCUT2D eigenvalue weighted by Gasteiger charge is -2.07. The van der Waals surface area contributed by atoms with Gasteiger partial charge in [-0.05, 0) is 39.8 Å². The number of hydrogen-bond donors (Lipinski definition) is 0. The number of carbonyl (C=O) groups excluding carboxylic acids is 1. The van der Waals surface area contributed by atoms with Crippen molar-refractivity contribution in [2.24, 2.45) is 0 Å². The van der Waals surface area contributed by atoms with Gasteiger partial charge in [0.05, 0.1) is 0 Å². The third-order valence-corrected chi connectivity index (χ3v) is 3.18. The largest absolute Gasteiger partial charge is 0.345 e. The van der Waals surface area contributed by atoms with Crippen LogP contribution < -0.4 is 0 Å². The molecule has 0 aromatic carbocycles. The van der Waals surface area contributed by atoms with Crippen LogP contribution in [0.15, 0.2) is 39.3 Å². The van der Waals surface area contributed by atoms with E-state index in [9.17, 15) is 4.79 Å². The van der Waals surface area contributed by atoms with Crippen LogP contribution in [0, 0.1) is 0 Å². The van der Waals surface area contributed by atoms with Crippen molar-refractivity contribution in [3.63, 3.8) is 0 Å². The van der Waals surface area contributed by atoms with Crippen LogP contribution in [0.2, 0.25) is 0 Å². The van der Waals surface area contributed by atoms with Crippen LogP contribution in [-0.2, 0) is 0 Å². The van der Waals surface area contributed by atoms with E-state index in [1.807, 2.05) is 18.2 Å². The predicted octanol–water partition coefficient (Wildman–Crippen LogP) is 2.12. The van der Waals surface area contributed by atoms with E-state index in [1.165, 1.54) is 27.7 Å². The average molecular weight is 328 g/mol. The first kappa shape index (κ1) is 13.0. The Morgan fingerprint density at radius 3 is 2.89 bits per heavy atom. The number of carbonyl (C=O) groups is 1. The fourth-order valence-corrected chi connectivity index (χ4v) is 2.30. The van der Waals surface area contributed by atoms with E-state index in [0.717, 1.165) is 9.63 Å². The Labute approximate surface area is 117 Å². The minimum Gasteiger partial charge on any atom is -0.329 e. The van der Waals surface area contributed by atoms with Crippen molar-refractivity contribution < 1.29 is 4.79 Å². The van der Waals surface area contributed by atoms with E-state index in [0.29, 0.717) is 5.16 Å². The normalized spacial score (nSPS) is 10.4. The van der Waals surface area contributed by atoms with Gasteiger partial charge in [-0.2, -0.15) is 4.68 Å². The summed E-state index contributed by atoms with van der Waals surface area (Å²) in [6.45, 7) is 0. The minimum absolute atomic E-state index is 0.239. The second-order valence-electron chi connectivity index (χ2n) is 3.55. The minimum atomic E-state index is -0.239. The summed E-state index contributed by atoms with van der Waals surface area (Å²) < 4.78 is 1.94. The van der Waals surface area contributed by atoms with E-state index >= 15 is 0 Å². The monoisotopic (exact) mass is 327 g/mol. The van der Waals surface area contributed by atoms with Crippen LogP contribution in [-0.4, -0.2) is 44.8 Å². The van der Waals surface area contributed by atoms with Crippen molar-refractivity contribution >= 4 is 33.7 Å². The van der Waals surface area contributed by atoms with Crippen molar-refractivity contribution in [2.75, 3.05) is 14.1 Å². The summed E-state index contributed by atoms with van der Waals surface area (Å²) in [4.78, 5) is 21.4. The van der Waals surface area contributed by atoms with Crippen molar-refractivity contribution in [1.29, 1.82) is 0 Å². The van der Waals surface area contributed by atoms with Crippen LogP contribution in [0.25, 0.3) is 0 Å². The highest BCUT2D eigenvalue weighted by Gasteiger charge is 2.11. The molecular formula is C10H10BrN5OS. The number of pyridine rings is 1. The highest BCUT2D eigenvalue weighted by Crippen LogP contribution is 2.23. The molecule has 0 saturated carbocycles. The molecule has 0 aliphatic carbocycles. The number of halogens is 1. The molecule has 2 aromatic heterocycles. The van der Waals surface area contributed by atoms with Crippen LogP contribution in [0.3, 0.4) is 0 Å². The van der Waals surface area contributed by atoms with Gasteiger partial charge in [-0.15, -0.1) is 5.10 Å². The fraction of sp³-hybridized carbons (Fsp3) is 0.200. The molecule has 0 spiro atoms.